The number of aromatic nitrogens is 2. The van der Waals surface area contributed by atoms with Crippen LogP contribution in [0.2, 0.25) is 0 Å². The zero-order valence-corrected chi connectivity index (χ0v) is 13.5. The Hall–Kier alpha value is -3.42. The van der Waals surface area contributed by atoms with Gasteiger partial charge in [-0.15, -0.1) is 10.2 Å². The van der Waals surface area contributed by atoms with Crippen molar-refractivity contribution in [3.63, 3.8) is 0 Å². The largest absolute Gasteiger partial charge is 0.504 e. The number of rotatable bonds is 6. The molecule has 25 heavy (non-hydrogen) atoms. The van der Waals surface area contributed by atoms with Crippen LogP contribution in [0, 0.1) is 0 Å². The maximum Gasteiger partial charge on any atom is 0.358 e. The molecular weight excluding hydrogens is 324 g/mol. The molecule has 8 nitrogen and oxygen atoms in total. The molecule has 3 rings (SSSR count). The third-order valence-electron chi connectivity index (χ3n) is 3.39. The van der Waals surface area contributed by atoms with Crippen LogP contribution in [-0.2, 0) is 0 Å². The normalized spacial score (nSPS) is 11.2. The number of hydrogen-bond acceptors (Lipinski definition) is 6. The number of imidazole rings is 1. The van der Waals surface area contributed by atoms with Gasteiger partial charge in [-0.1, -0.05) is 19.1 Å². The van der Waals surface area contributed by atoms with Gasteiger partial charge in [-0.25, -0.2) is 9.78 Å². The fourth-order valence-electron chi connectivity index (χ4n) is 2.25. The van der Waals surface area contributed by atoms with Crippen LogP contribution >= 0.6 is 0 Å². The quantitative estimate of drug-likeness (QED) is 0.661. The average Bonchev–Trinajstić information content (AvgIpc) is 2.99. The Morgan fingerprint density at radius 3 is 2.80 bits per heavy atom. The number of para-hydroxylation sites is 1. The lowest BCUT2D eigenvalue weighted by Gasteiger charge is -2.06. The van der Waals surface area contributed by atoms with Crippen molar-refractivity contribution in [2.75, 3.05) is 6.61 Å². The number of pyridine rings is 1. The molecule has 0 atom stereocenters. The molecule has 2 N–H and O–H groups in total. The summed E-state index contributed by atoms with van der Waals surface area (Å²) >= 11 is 0. The first-order valence-corrected chi connectivity index (χ1v) is 7.68. The van der Waals surface area contributed by atoms with E-state index in [0.717, 1.165) is 6.42 Å². The van der Waals surface area contributed by atoms with E-state index in [1.54, 1.807) is 30.5 Å². The number of carbonyl (C=O) groups is 1. The van der Waals surface area contributed by atoms with E-state index in [1.165, 1.54) is 10.5 Å². The number of benzene rings is 1. The molecule has 3 aromatic rings. The molecule has 0 aliphatic carbocycles. The van der Waals surface area contributed by atoms with Crippen molar-refractivity contribution in [3.8, 4) is 11.5 Å². The third kappa shape index (κ3) is 3.27. The number of hydrogen-bond donors (Lipinski definition) is 2. The summed E-state index contributed by atoms with van der Waals surface area (Å²) < 4.78 is 6.98. The van der Waals surface area contributed by atoms with Gasteiger partial charge >= 0.3 is 5.97 Å². The van der Waals surface area contributed by atoms with Crippen molar-refractivity contribution in [1.29, 1.82) is 0 Å². The number of aromatic hydroxyl groups is 1. The minimum atomic E-state index is -1.26. The number of carboxylic acids is 1. The maximum absolute atomic E-state index is 11.4. The number of ether oxygens (including phenoxy) is 1. The highest BCUT2D eigenvalue weighted by Crippen LogP contribution is 2.31. The number of fused-ring (bicyclic) bond motifs is 1. The van der Waals surface area contributed by atoms with Crippen LogP contribution in [0.1, 0.15) is 23.8 Å². The van der Waals surface area contributed by atoms with E-state index in [1.807, 2.05) is 13.0 Å². The number of nitrogens with zero attached hydrogens (tertiary/aromatic N) is 4. The molecule has 0 radical (unpaired) electrons. The summed E-state index contributed by atoms with van der Waals surface area (Å²) in [5, 5.41) is 27.4. The monoisotopic (exact) mass is 340 g/mol. The van der Waals surface area contributed by atoms with E-state index in [4.69, 9.17) is 4.74 Å². The minimum Gasteiger partial charge on any atom is -0.504 e. The molecule has 1 aromatic carbocycles. The summed E-state index contributed by atoms with van der Waals surface area (Å²) in [5.74, 6) is -0.823. The molecule has 0 saturated heterocycles. The summed E-state index contributed by atoms with van der Waals surface area (Å²) in [7, 11) is 0. The first-order valence-electron chi connectivity index (χ1n) is 7.68. The summed E-state index contributed by atoms with van der Waals surface area (Å²) in [6.45, 7) is 2.53. The summed E-state index contributed by atoms with van der Waals surface area (Å²) in [5.41, 5.74) is 0.281. The molecular formula is C17H16N4O4. The SMILES string of the molecule is CCCOc1ccccc1N=Nc1c(C(=O)O)nc2c(O)cccn12. The Morgan fingerprint density at radius 2 is 2.04 bits per heavy atom. The van der Waals surface area contributed by atoms with Crippen molar-refractivity contribution >= 4 is 23.1 Å². The minimum absolute atomic E-state index is 0.0173. The predicted octanol–water partition coefficient (Wildman–Crippen LogP) is 3.94. The Labute approximate surface area is 143 Å². The standard InChI is InChI=1S/C17H16N4O4/c1-2-10-25-13-8-4-3-6-11(13)19-20-16-14(17(23)24)18-15-12(22)7-5-9-21(15)16/h3-9,22H,2,10H2,1H3,(H,23,24). The molecule has 2 heterocycles. The molecule has 2 aromatic heterocycles. The average molecular weight is 340 g/mol. The molecule has 0 bridgehead atoms. The van der Waals surface area contributed by atoms with E-state index in [-0.39, 0.29) is 22.9 Å². The van der Waals surface area contributed by atoms with Gasteiger partial charge in [-0.05, 0) is 30.7 Å². The summed E-state index contributed by atoms with van der Waals surface area (Å²) in [4.78, 5) is 15.4. The smallest absolute Gasteiger partial charge is 0.358 e. The number of azo groups is 1. The van der Waals surface area contributed by atoms with Gasteiger partial charge in [-0.2, -0.15) is 0 Å². The molecule has 0 aliphatic rings. The number of carboxylic acid groups (broad SMARTS) is 1. The van der Waals surface area contributed by atoms with Crippen LogP contribution in [0.3, 0.4) is 0 Å². The first kappa shape index (κ1) is 16.4. The lowest BCUT2D eigenvalue weighted by atomic mass is 10.3. The highest BCUT2D eigenvalue weighted by atomic mass is 16.5. The highest BCUT2D eigenvalue weighted by molar-refractivity contribution is 5.92. The second-order valence-corrected chi connectivity index (χ2v) is 5.19. The Balaban J connectivity index is 2.06. The fourth-order valence-corrected chi connectivity index (χ4v) is 2.25. The van der Waals surface area contributed by atoms with Crippen LogP contribution in [0.5, 0.6) is 11.5 Å². The molecule has 0 amide bonds. The van der Waals surface area contributed by atoms with Crippen LogP contribution in [0.15, 0.2) is 52.8 Å². The van der Waals surface area contributed by atoms with Gasteiger partial charge in [0.2, 0.25) is 0 Å². The van der Waals surface area contributed by atoms with Crippen molar-refractivity contribution in [1.82, 2.24) is 9.38 Å². The van der Waals surface area contributed by atoms with Crippen molar-refractivity contribution < 1.29 is 19.7 Å². The Bertz CT molecular complexity index is 949. The van der Waals surface area contributed by atoms with E-state index in [2.05, 4.69) is 15.2 Å². The van der Waals surface area contributed by atoms with Crippen molar-refractivity contribution in [2.45, 2.75) is 13.3 Å². The van der Waals surface area contributed by atoms with Gasteiger partial charge in [0.05, 0.1) is 6.61 Å². The fraction of sp³-hybridized carbons (Fsp3) is 0.176. The first-order chi connectivity index (χ1) is 12.1. The third-order valence-corrected chi connectivity index (χ3v) is 3.39. The zero-order chi connectivity index (χ0) is 17.8. The molecule has 0 spiro atoms. The lowest BCUT2D eigenvalue weighted by molar-refractivity contribution is 0.0692. The Kier molecular flexibility index (Phi) is 4.60. The molecule has 0 saturated carbocycles. The van der Waals surface area contributed by atoms with E-state index >= 15 is 0 Å². The second kappa shape index (κ2) is 7.00. The summed E-state index contributed by atoms with van der Waals surface area (Å²) in [6.07, 6.45) is 2.41. The second-order valence-electron chi connectivity index (χ2n) is 5.19. The predicted molar refractivity (Wildman–Crippen MR) is 90.2 cm³/mol. The van der Waals surface area contributed by atoms with Crippen molar-refractivity contribution in [2.24, 2.45) is 10.2 Å². The molecule has 0 aliphatic heterocycles. The molecule has 128 valence electrons. The van der Waals surface area contributed by atoms with E-state index in [9.17, 15) is 15.0 Å². The zero-order valence-electron chi connectivity index (χ0n) is 13.5. The van der Waals surface area contributed by atoms with Crippen molar-refractivity contribution in [3.05, 3.63) is 48.3 Å². The molecule has 0 fully saturated rings. The van der Waals surface area contributed by atoms with Gasteiger partial charge in [0.1, 0.15) is 11.4 Å². The highest BCUT2D eigenvalue weighted by Gasteiger charge is 2.20. The van der Waals surface area contributed by atoms with Gasteiger partial charge < -0.3 is 14.9 Å². The van der Waals surface area contributed by atoms with Gasteiger partial charge in [0, 0.05) is 6.20 Å². The maximum atomic E-state index is 11.4. The lowest BCUT2D eigenvalue weighted by Crippen LogP contribution is -1.96. The van der Waals surface area contributed by atoms with Gasteiger partial charge in [0.15, 0.2) is 22.9 Å². The molecule has 8 heteroatoms. The Morgan fingerprint density at radius 1 is 1.24 bits per heavy atom. The van der Waals surface area contributed by atoms with Crippen LogP contribution in [0.25, 0.3) is 5.65 Å². The van der Waals surface area contributed by atoms with E-state index in [0.29, 0.717) is 18.0 Å². The molecule has 0 unspecified atom stereocenters. The van der Waals surface area contributed by atoms with Crippen LogP contribution < -0.4 is 4.74 Å². The van der Waals surface area contributed by atoms with Gasteiger partial charge in [-0.3, -0.25) is 4.40 Å². The summed E-state index contributed by atoms with van der Waals surface area (Å²) in [6, 6.07) is 10.1. The van der Waals surface area contributed by atoms with Crippen LogP contribution in [-0.4, -0.2) is 32.2 Å². The topological polar surface area (TPSA) is 109 Å². The number of aromatic carboxylic acids is 1. The van der Waals surface area contributed by atoms with Crippen LogP contribution in [0.4, 0.5) is 11.5 Å². The van der Waals surface area contributed by atoms with Gasteiger partial charge in [0.25, 0.3) is 0 Å². The van der Waals surface area contributed by atoms with E-state index < -0.39 is 5.97 Å².